The third kappa shape index (κ3) is 20.8. The Hall–Kier alpha value is 0.0300. The Morgan fingerprint density at radius 2 is 1.18 bits per heavy atom. The third-order valence-electron chi connectivity index (χ3n) is 4.82. The topological polar surface area (TPSA) is 96.2 Å². The molecular formula is C21H45O6P. The van der Waals surface area contributed by atoms with Crippen LogP contribution in [-0.4, -0.2) is 41.0 Å². The Morgan fingerprint density at radius 1 is 0.750 bits per heavy atom. The van der Waals surface area contributed by atoms with Gasteiger partial charge in [0.25, 0.3) is 0 Å². The maximum absolute atomic E-state index is 11.5. The molecule has 28 heavy (non-hydrogen) atoms. The highest BCUT2D eigenvalue weighted by Gasteiger charge is 2.22. The zero-order valence-corrected chi connectivity index (χ0v) is 19.1. The summed E-state index contributed by atoms with van der Waals surface area (Å²) in [6, 6.07) is 0. The van der Waals surface area contributed by atoms with Crippen molar-refractivity contribution in [1.82, 2.24) is 0 Å². The summed E-state index contributed by atoms with van der Waals surface area (Å²) in [5, 5.41) is 17.7. The van der Waals surface area contributed by atoms with E-state index in [2.05, 4.69) is 18.4 Å². The van der Waals surface area contributed by atoms with Gasteiger partial charge in [0.05, 0.1) is 19.8 Å². The largest absolute Gasteiger partial charge is 0.472 e. The van der Waals surface area contributed by atoms with Crippen LogP contribution in [0.4, 0.5) is 0 Å². The summed E-state index contributed by atoms with van der Waals surface area (Å²) >= 11 is 0. The summed E-state index contributed by atoms with van der Waals surface area (Å²) in [6.07, 6.45) is 16.4. The lowest BCUT2D eigenvalue weighted by Crippen LogP contribution is -2.18. The minimum absolute atomic E-state index is 0.167. The Morgan fingerprint density at radius 3 is 1.61 bits per heavy atom. The Kier molecular flexibility index (Phi) is 19.0. The van der Waals surface area contributed by atoms with E-state index in [9.17, 15) is 9.46 Å². The van der Waals surface area contributed by atoms with Crippen molar-refractivity contribution >= 4 is 7.82 Å². The molecule has 0 aromatic rings. The maximum Gasteiger partial charge on any atom is 0.472 e. The fourth-order valence-corrected chi connectivity index (χ4v) is 3.84. The van der Waals surface area contributed by atoms with Gasteiger partial charge in [0.2, 0.25) is 0 Å². The van der Waals surface area contributed by atoms with Crippen molar-refractivity contribution in [2.45, 2.75) is 110 Å². The predicted molar refractivity (Wildman–Crippen MR) is 114 cm³/mol. The lowest BCUT2D eigenvalue weighted by Gasteiger charge is -2.13. The first-order valence-electron chi connectivity index (χ1n) is 11.3. The normalized spacial score (nSPS) is 15.1. The standard InChI is InChI=1S/C21H45O6P/c1-20(2)16-14-12-10-8-6-4-3-5-7-9-11-13-15-17-26-28(24,25)27-19-21(23)18-22/h20-23H,3-19H2,1-2H3,(H,24,25). The molecule has 0 aliphatic rings. The quantitative estimate of drug-likeness (QED) is 0.164. The van der Waals surface area contributed by atoms with Crippen LogP contribution in [0.15, 0.2) is 0 Å². The molecule has 0 amide bonds. The zero-order valence-electron chi connectivity index (χ0n) is 18.2. The van der Waals surface area contributed by atoms with E-state index in [0.29, 0.717) is 6.42 Å². The monoisotopic (exact) mass is 424 g/mol. The molecule has 0 aliphatic carbocycles. The SMILES string of the molecule is CC(C)CCCCCCCCCCCCCCCOP(=O)(O)OCC(O)CO. The van der Waals surface area contributed by atoms with E-state index in [1.54, 1.807) is 0 Å². The van der Waals surface area contributed by atoms with E-state index in [1.807, 2.05) is 0 Å². The zero-order chi connectivity index (χ0) is 21.1. The van der Waals surface area contributed by atoms with E-state index in [4.69, 9.17) is 14.7 Å². The molecule has 0 heterocycles. The number of hydrogen-bond donors (Lipinski definition) is 3. The molecular weight excluding hydrogens is 379 g/mol. The molecule has 0 fully saturated rings. The van der Waals surface area contributed by atoms with Crippen LogP contribution >= 0.6 is 7.82 Å². The van der Waals surface area contributed by atoms with Crippen LogP contribution < -0.4 is 0 Å². The van der Waals surface area contributed by atoms with Gasteiger partial charge < -0.3 is 15.1 Å². The summed E-state index contributed by atoms with van der Waals surface area (Å²) in [5.74, 6) is 0.843. The van der Waals surface area contributed by atoms with Crippen LogP contribution in [0.2, 0.25) is 0 Å². The van der Waals surface area contributed by atoms with Crippen molar-refractivity contribution in [1.29, 1.82) is 0 Å². The molecule has 0 radical (unpaired) electrons. The van der Waals surface area contributed by atoms with Gasteiger partial charge in [-0.3, -0.25) is 9.05 Å². The average Bonchev–Trinajstić information content (AvgIpc) is 2.65. The van der Waals surface area contributed by atoms with Crippen LogP contribution in [0, 0.1) is 5.92 Å². The molecule has 7 heteroatoms. The summed E-state index contributed by atoms with van der Waals surface area (Å²) in [7, 11) is -4.12. The second-order valence-electron chi connectivity index (χ2n) is 8.21. The summed E-state index contributed by atoms with van der Waals surface area (Å²) in [6.45, 7) is 3.83. The molecule has 6 nitrogen and oxygen atoms in total. The number of phosphoric ester groups is 1. The molecule has 0 aliphatic heterocycles. The smallest absolute Gasteiger partial charge is 0.394 e. The van der Waals surface area contributed by atoms with E-state index in [0.717, 1.165) is 18.8 Å². The second kappa shape index (κ2) is 19.0. The first-order chi connectivity index (χ1) is 13.4. The number of phosphoric acid groups is 1. The summed E-state index contributed by atoms with van der Waals surface area (Å²) < 4.78 is 20.9. The van der Waals surface area contributed by atoms with E-state index >= 15 is 0 Å². The van der Waals surface area contributed by atoms with Gasteiger partial charge in [0.15, 0.2) is 0 Å². The highest BCUT2D eigenvalue weighted by atomic mass is 31.2. The summed E-state index contributed by atoms with van der Waals surface area (Å²) in [5.41, 5.74) is 0. The second-order valence-corrected chi connectivity index (χ2v) is 9.67. The lowest BCUT2D eigenvalue weighted by atomic mass is 10.0. The third-order valence-corrected chi connectivity index (χ3v) is 5.81. The molecule has 0 aromatic carbocycles. The number of hydrogen-bond acceptors (Lipinski definition) is 5. The maximum atomic E-state index is 11.5. The Balaban J connectivity index is 3.26. The molecule has 2 atom stereocenters. The van der Waals surface area contributed by atoms with Crippen molar-refractivity contribution in [3.05, 3.63) is 0 Å². The van der Waals surface area contributed by atoms with Crippen LogP contribution in [0.3, 0.4) is 0 Å². The number of aliphatic hydroxyl groups is 2. The van der Waals surface area contributed by atoms with E-state index < -0.39 is 27.1 Å². The minimum Gasteiger partial charge on any atom is -0.394 e. The molecule has 2 unspecified atom stereocenters. The molecule has 3 N–H and O–H groups in total. The van der Waals surface area contributed by atoms with Gasteiger partial charge in [-0.2, -0.15) is 0 Å². The van der Waals surface area contributed by atoms with Gasteiger partial charge in [0.1, 0.15) is 6.10 Å². The Labute approximate surface area is 172 Å². The van der Waals surface area contributed by atoms with Crippen molar-refractivity contribution < 1.29 is 28.7 Å². The average molecular weight is 425 g/mol. The minimum atomic E-state index is -4.12. The summed E-state index contributed by atoms with van der Waals surface area (Å²) in [4.78, 5) is 9.40. The first kappa shape index (κ1) is 28.0. The van der Waals surface area contributed by atoms with Crippen LogP contribution in [0.25, 0.3) is 0 Å². The van der Waals surface area contributed by atoms with Crippen LogP contribution in [0.5, 0.6) is 0 Å². The van der Waals surface area contributed by atoms with Crippen LogP contribution in [0.1, 0.15) is 104 Å². The number of aliphatic hydroxyl groups excluding tert-OH is 2. The molecule has 0 rings (SSSR count). The molecule has 0 saturated carbocycles. The van der Waals surface area contributed by atoms with Gasteiger partial charge in [-0.1, -0.05) is 97.3 Å². The van der Waals surface area contributed by atoms with Crippen molar-refractivity contribution in [3.8, 4) is 0 Å². The highest BCUT2D eigenvalue weighted by molar-refractivity contribution is 7.47. The first-order valence-corrected chi connectivity index (χ1v) is 12.8. The van der Waals surface area contributed by atoms with Crippen molar-refractivity contribution in [2.75, 3.05) is 19.8 Å². The van der Waals surface area contributed by atoms with Crippen LogP contribution in [-0.2, 0) is 13.6 Å². The van der Waals surface area contributed by atoms with E-state index in [-0.39, 0.29) is 6.61 Å². The fraction of sp³-hybridized carbons (Fsp3) is 1.00. The van der Waals surface area contributed by atoms with Crippen molar-refractivity contribution in [3.63, 3.8) is 0 Å². The van der Waals surface area contributed by atoms with Gasteiger partial charge in [0, 0.05) is 0 Å². The highest BCUT2D eigenvalue weighted by Crippen LogP contribution is 2.43. The van der Waals surface area contributed by atoms with Crippen molar-refractivity contribution in [2.24, 2.45) is 5.92 Å². The van der Waals surface area contributed by atoms with Gasteiger partial charge in [-0.15, -0.1) is 0 Å². The fourth-order valence-electron chi connectivity index (χ4n) is 3.05. The molecule has 0 bridgehead atoms. The van der Waals surface area contributed by atoms with Gasteiger partial charge in [-0.25, -0.2) is 4.57 Å². The molecule has 0 spiro atoms. The lowest BCUT2D eigenvalue weighted by molar-refractivity contribution is 0.0361. The van der Waals surface area contributed by atoms with Gasteiger partial charge in [-0.05, 0) is 12.3 Å². The predicted octanol–water partition coefficient (Wildman–Crippen LogP) is 5.59. The molecule has 170 valence electrons. The number of rotatable bonds is 21. The Bertz CT molecular complexity index is 378. The van der Waals surface area contributed by atoms with E-state index in [1.165, 1.54) is 70.6 Å². The molecule has 0 saturated heterocycles. The van der Waals surface area contributed by atoms with Gasteiger partial charge >= 0.3 is 7.82 Å². The number of unbranched alkanes of at least 4 members (excludes halogenated alkanes) is 12. The molecule has 0 aromatic heterocycles.